The Morgan fingerprint density at radius 3 is 2.78 bits per heavy atom. The van der Waals surface area contributed by atoms with E-state index >= 15 is 0 Å². The average Bonchev–Trinajstić information content (AvgIpc) is 3.32. The zero-order chi connectivity index (χ0) is 19.8. The van der Waals surface area contributed by atoms with Crippen molar-refractivity contribution in [2.75, 3.05) is 30.9 Å². The van der Waals surface area contributed by atoms with Crippen LogP contribution in [0, 0.1) is 6.92 Å². The second-order valence-corrected chi connectivity index (χ2v) is 8.60. The maximum atomic E-state index is 12.7. The number of thiazole rings is 2. The zero-order valence-electron chi connectivity index (χ0n) is 15.8. The highest BCUT2D eigenvalue weighted by atomic mass is 32.1. The minimum Gasteiger partial charge on any atom is -0.354 e. The van der Waals surface area contributed by atoms with Crippen molar-refractivity contribution in [3.05, 3.63) is 11.1 Å². The van der Waals surface area contributed by atoms with Crippen molar-refractivity contribution >= 4 is 51.6 Å². The summed E-state index contributed by atoms with van der Waals surface area (Å²) in [4.78, 5) is 41.8. The number of nitrogens with zero attached hydrogens (tertiary/aromatic N) is 5. The van der Waals surface area contributed by atoms with Crippen molar-refractivity contribution in [1.82, 2.24) is 14.9 Å². The van der Waals surface area contributed by atoms with Crippen LogP contribution >= 0.6 is 22.7 Å². The number of aromatic nitrogens is 2. The molecule has 0 bridgehead atoms. The van der Waals surface area contributed by atoms with Crippen LogP contribution in [0.3, 0.4) is 0 Å². The molecule has 1 saturated heterocycles. The number of rotatable bonds is 4. The Morgan fingerprint density at radius 1 is 1.41 bits per heavy atom. The van der Waals surface area contributed by atoms with Gasteiger partial charge in [0, 0.05) is 26.0 Å². The van der Waals surface area contributed by atoms with E-state index in [-0.39, 0.29) is 11.9 Å². The van der Waals surface area contributed by atoms with Crippen molar-refractivity contribution in [1.29, 1.82) is 0 Å². The lowest BCUT2D eigenvalue weighted by Gasteiger charge is -2.31. The highest BCUT2D eigenvalue weighted by Crippen LogP contribution is 2.36. The van der Waals surface area contributed by atoms with Gasteiger partial charge in [-0.1, -0.05) is 11.3 Å². The van der Waals surface area contributed by atoms with Crippen LogP contribution in [0.1, 0.15) is 25.5 Å². The Balaban J connectivity index is 1.79. The summed E-state index contributed by atoms with van der Waals surface area (Å²) in [5, 5.41) is 6.20. The van der Waals surface area contributed by atoms with Crippen molar-refractivity contribution < 1.29 is 9.59 Å². The predicted molar refractivity (Wildman–Crippen MR) is 110 cm³/mol. The fourth-order valence-corrected chi connectivity index (χ4v) is 4.84. The molecule has 1 aliphatic heterocycles. The normalized spacial score (nSPS) is 19.2. The average molecular weight is 407 g/mol. The number of carbonyl (C=O) groups is 2. The smallest absolute Gasteiger partial charge is 0.324 e. The number of likely N-dealkylation sites (tertiary alicyclic amines) is 1. The second kappa shape index (κ2) is 7.35. The molecule has 0 aromatic carbocycles. The van der Waals surface area contributed by atoms with Gasteiger partial charge in [-0.2, -0.15) is 0 Å². The molecule has 1 N–H and O–H groups in total. The van der Waals surface area contributed by atoms with Gasteiger partial charge in [0.05, 0.1) is 16.3 Å². The lowest BCUT2D eigenvalue weighted by molar-refractivity contribution is -0.125. The quantitative estimate of drug-likeness (QED) is 0.787. The fourth-order valence-electron chi connectivity index (χ4n) is 3.10. The van der Waals surface area contributed by atoms with Crippen molar-refractivity contribution in [3.8, 4) is 10.6 Å². The minimum absolute atomic E-state index is 0.348. The van der Waals surface area contributed by atoms with Gasteiger partial charge < -0.3 is 9.80 Å². The summed E-state index contributed by atoms with van der Waals surface area (Å²) >= 11 is 2.93. The standard InChI is InChI=1S/C17H22N6O2S2/c1-10-12(11-9-26-16(20-11)22(4)5)27-14(19-10)21-15(25)23-8-6-7-17(23,2)13(24)18-3/h9H,3,6-8H2,1-2,4-5H3,(H,19,21,25)/t17-/m0/s1. The first kappa shape index (κ1) is 19.4. The van der Waals surface area contributed by atoms with E-state index in [4.69, 9.17) is 0 Å². The van der Waals surface area contributed by atoms with Crippen molar-refractivity contribution in [2.24, 2.45) is 4.99 Å². The molecule has 1 fully saturated rings. The molecule has 27 heavy (non-hydrogen) atoms. The minimum atomic E-state index is -0.948. The van der Waals surface area contributed by atoms with Gasteiger partial charge in [-0.05, 0) is 33.4 Å². The third-order valence-corrected chi connectivity index (χ3v) is 6.71. The van der Waals surface area contributed by atoms with Crippen LogP contribution < -0.4 is 10.2 Å². The van der Waals surface area contributed by atoms with Gasteiger partial charge in [-0.15, -0.1) is 11.3 Å². The number of hydrogen-bond acceptors (Lipinski definition) is 7. The van der Waals surface area contributed by atoms with E-state index in [1.54, 1.807) is 18.3 Å². The summed E-state index contributed by atoms with van der Waals surface area (Å²) in [5.74, 6) is -0.384. The molecule has 0 radical (unpaired) electrons. The van der Waals surface area contributed by atoms with E-state index in [1.165, 1.54) is 16.2 Å². The zero-order valence-corrected chi connectivity index (χ0v) is 17.4. The van der Waals surface area contributed by atoms with E-state index in [1.807, 2.05) is 31.3 Å². The number of carbonyl (C=O) groups excluding carboxylic acids is 2. The lowest BCUT2D eigenvalue weighted by atomic mass is 9.98. The number of nitrogens with one attached hydrogen (secondary N) is 1. The van der Waals surface area contributed by atoms with Gasteiger partial charge in [0.2, 0.25) is 0 Å². The number of urea groups is 1. The fraction of sp³-hybridized carbons (Fsp3) is 0.471. The summed E-state index contributed by atoms with van der Waals surface area (Å²) in [6.07, 6.45) is 1.33. The van der Waals surface area contributed by atoms with Gasteiger partial charge in [0.25, 0.3) is 5.91 Å². The summed E-state index contributed by atoms with van der Waals surface area (Å²) in [5.41, 5.74) is 0.700. The second-order valence-electron chi connectivity index (χ2n) is 6.77. The first-order valence-corrected chi connectivity index (χ1v) is 10.2. The monoisotopic (exact) mass is 406 g/mol. The van der Waals surface area contributed by atoms with E-state index < -0.39 is 5.54 Å². The molecular formula is C17H22N6O2S2. The van der Waals surface area contributed by atoms with Crippen LogP contribution in [-0.4, -0.2) is 59.7 Å². The molecule has 144 valence electrons. The SMILES string of the molecule is C=NC(=O)[C@]1(C)CCCN1C(=O)Nc1nc(C)c(-c2csc(N(C)C)n2)s1. The lowest BCUT2D eigenvalue weighted by Crippen LogP contribution is -2.51. The molecule has 10 heteroatoms. The van der Waals surface area contributed by atoms with Gasteiger partial charge in [-0.25, -0.2) is 19.8 Å². The largest absolute Gasteiger partial charge is 0.354 e. The topological polar surface area (TPSA) is 90.8 Å². The van der Waals surface area contributed by atoms with Crippen LogP contribution in [0.2, 0.25) is 0 Å². The Kier molecular flexibility index (Phi) is 5.29. The first-order valence-electron chi connectivity index (χ1n) is 8.46. The van der Waals surface area contributed by atoms with E-state index in [0.717, 1.165) is 27.8 Å². The van der Waals surface area contributed by atoms with Gasteiger partial charge in [-0.3, -0.25) is 10.1 Å². The molecule has 2 aromatic rings. The highest BCUT2D eigenvalue weighted by Gasteiger charge is 2.45. The summed E-state index contributed by atoms with van der Waals surface area (Å²) in [7, 11) is 3.89. The van der Waals surface area contributed by atoms with Gasteiger partial charge >= 0.3 is 6.03 Å². The molecule has 1 atom stereocenters. The third-order valence-electron chi connectivity index (χ3n) is 4.61. The summed E-state index contributed by atoms with van der Waals surface area (Å²) in [6, 6.07) is -0.348. The maximum Gasteiger partial charge on any atom is 0.324 e. The Labute approximate surface area is 166 Å². The van der Waals surface area contributed by atoms with Crippen LogP contribution in [0.4, 0.5) is 15.1 Å². The Morgan fingerprint density at radius 2 is 2.15 bits per heavy atom. The van der Waals surface area contributed by atoms with Crippen LogP contribution in [0.25, 0.3) is 10.6 Å². The molecule has 3 amide bonds. The van der Waals surface area contributed by atoms with E-state index in [9.17, 15) is 9.59 Å². The molecular weight excluding hydrogens is 384 g/mol. The Bertz CT molecular complexity index is 890. The summed E-state index contributed by atoms with van der Waals surface area (Å²) < 4.78 is 0. The number of anilines is 2. The van der Waals surface area contributed by atoms with E-state index in [2.05, 4.69) is 27.0 Å². The molecule has 0 unspecified atom stereocenters. The van der Waals surface area contributed by atoms with E-state index in [0.29, 0.717) is 18.1 Å². The van der Waals surface area contributed by atoms with Crippen molar-refractivity contribution in [3.63, 3.8) is 0 Å². The molecule has 2 aromatic heterocycles. The van der Waals surface area contributed by atoms with Gasteiger partial charge in [0.1, 0.15) is 5.54 Å². The molecule has 8 nitrogen and oxygen atoms in total. The third kappa shape index (κ3) is 3.59. The number of aryl methyl sites for hydroxylation is 1. The number of hydrogen-bond donors (Lipinski definition) is 1. The first-order chi connectivity index (χ1) is 12.8. The van der Waals surface area contributed by atoms with Gasteiger partial charge in [0.15, 0.2) is 10.3 Å². The predicted octanol–water partition coefficient (Wildman–Crippen LogP) is 3.25. The number of aliphatic imine (C=N–C) groups is 1. The number of amides is 3. The van der Waals surface area contributed by atoms with Crippen LogP contribution in [0.15, 0.2) is 10.4 Å². The molecule has 0 spiro atoms. The van der Waals surface area contributed by atoms with Crippen molar-refractivity contribution in [2.45, 2.75) is 32.2 Å². The molecule has 3 heterocycles. The molecule has 1 aliphatic rings. The van der Waals surface area contributed by atoms with Crippen LogP contribution in [-0.2, 0) is 4.79 Å². The summed E-state index contributed by atoms with van der Waals surface area (Å²) in [6.45, 7) is 7.43. The molecule has 0 saturated carbocycles. The van der Waals surface area contributed by atoms with Crippen LogP contribution in [0.5, 0.6) is 0 Å². The maximum absolute atomic E-state index is 12.7. The molecule has 0 aliphatic carbocycles. The highest BCUT2D eigenvalue weighted by molar-refractivity contribution is 7.19. The Hall–Kier alpha value is -2.33. The molecule has 3 rings (SSSR count).